The maximum Gasteiger partial charge on any atom is 0.270 e. The fraction of sp³-hybridized carbons (Fsp3) is 0.111. The molecule has 11 nitrogen and oxygen atoms in total. The van der Waals surface area contributed by atoms with Crippen LogP contribution < -0.4 is 22.3 Å². The van der Waals surface area contributed by atoms with E-state index in [1.54, 1.807) is 6.92 Å². The summed E-state index contributed by atoms with van der Waals surface area (Å²) in [6, 6.07) is 4.12. The first-order valence-electron chi connectivity index (χ1n) is 8.81. The second-order valence-electron chi connectivity index (χ2n) is 6.50. The van der Waals surface area contributed by atoms with Crippen LogP contribution in [-0.2, 0) is 0 Å². The zero-order valence-corrected chi connectivity index (χ0v) is 15.9. The quantitative estimate of drug-likeness (QED) is 0.377. The van der Waals surface area contributed by atoms with Crippen molar-refractivity contribution in [2.24, 2.45) is 0 Å². The first kappa shape index (κ1) is 19.7. The Morgan fingerprint density at radius 1 is 1.26 bits per heavy atom. The van der Waals surface area contributed by atoms with Crippen molar-refractivity contribution in [1.29, 1.82) is 5.26 Å². The normalized spacial score (nSPS) is 11.9. The van der Waals surface area contributed by atoms with E-state index in [0.29, 0.717) is 6.07 Å². The van der Waals surface area contributed by atoms with Gasteiger partial charge in [0.05, 0.1) is 17.8 Å². The molecule has 3 aromatic heterocycles. The van der Waals surface area contributed by atoms with Gasteiger partial charge in [-0.15, -0.1) is 0 Å². The average Bonchev–Trinajstić information content (AvgIpc) is 3.21. The van der Waals surface area contributed by atoms with E-state index in [0.717, 1.165) is 10.6 Å². The predicted octanol–water partition coefficient (Wildman–Crippen LogP) is 1.39. The van der Waals surface area contributed by atoms with Crippen LogP contribution in [0.1, 0.15) is 24.4 Å². The lowest BCUT2D eigenvalue weighted by Gasteiger charge is -2.20. The summed E-state index contributed by atoms with van der Waals surface area (Å²) in [5, 5.41) is 18.3. The molecular weight excluding hydrogens is 410 g/mol. The Hall–Kier alpha value is -4.60. The number of nitriles is 1. The molecule has 31 heavy (non-hydrogen) atoms. The highest BCUT2D eigenvalue weighted by Gasteiger charge is 2.23. The van der Waals surface area contributed by atoms with Gasteiger partial charge in [0.1, 0.15) is 46.1 Å². The number of aromatic nitrogens is 6. The largest absolute Gasteiger partial charge is 0.382 e. The molecule has 4 aromatic rings. The Morgan fingerprint density at radius 3 is 2.71 bits per heavy atom. The van der Waals surface area contributed by atoms with Crippen LogP contribution in [0.3, 0.4) is 0 Å². The van der Waals surface area contributed by atoms with Crippen LogP contribution in [0.2, 0.25) is 0 Å². The molecule has 6 N–H and O–H groups in total. The number of nitrogens with two attached hydrogens (primary N) is 2. The molecule has 0 radical (unpaired) electrons. The van der Waals surface area contributed by atoms with Crippen molar-refractivity contribution in [2.45, 2.75) is 13.0 Å². The van der Waals surface area contributed by atoms with Gasteiger partial charge in [0.25, 0.3) is 5.56 Å². The van der Waals surface area contributed by atoms with Crippen molar-refractivity contribution in [2.75, 3.05) is 16.8 Å². The molecule has 0 spiro atoms. The van der Waals surface area contributed by atoms with Crippen LogP contribution >= 0.6 is 0 Å². The SMILES string of the molecule is CC(Nc1nc(N)nc(N)c1C#N)c1nc2cc(F)cc(F)c2c(=O)n1-c1ccn[nH]1. The van der Waals surface area contributed by atoms with Crippen LogP contribution in [0.5, 0.6) is 0 Å². The van der Waals surface area contributed by atoms with Gasteiger partial charge in [0.2, 0.25) is 5.95 Å². The smallest absolute Gasteiger partial charge is 0.270 e. The lowest BCUT2D eigenvalue weighted by atomic mass is 10.2. The van der Waals surface area contributed by atoms with Gasteiger partial charge < -0.3 is 16.8 Å². The first-order valence-corrected chi connectivity index (χ1v) is 8.81. The first-order chi connectivity index (χ1) is 14.8. The van der Waals surface area contributed by atoms with Crippen molar-refractivity contribution in [3.05, 3.63) is 57.8 Å². The molecule has 1 atom stereocenters. The highest BCUT2D eigenvalue weighted by molar-refractivity contribution is 5.79. The Labute approximate surface area is 172 Å². The maximum atomic E-state index is 14.4. The molecule has 3 heterocycles. The predicted molar refractivity (Wildman–Crippen MR) is 107 cm³/mol. The summed E-state index contributed by atoms with van der Waals surface area (Å²) in [5.74, 6) is -1.96. The monoisotopic (exact) mass is 424 g/mol. The minimum absolute atomic E-state index is 0.0101. The molecule has 1 unspecified atom stereocenters. The number of nitrogen functional groups attached to an aromatic ring is 2. The second kappa shape index (κ2) is 7.34. The van der Waals surface area contributed by atoms with Gasteiger partial charge in [0, 0.05) is 18.2 Å². The van der Waals surface area contributed by atoms with Crippen LogP contribution in [-0.4, -0.2) is 29.7 Å². The third-order valence-corrected chi connectivity index (χ3v) is 4.45. The lowest BCUT2D eigenvalue weighted by Crippen LogP contribution is -2.28. The molecule has 0 bridgehead atoms. The highest BCUT2D eigenvalue weighted by atomic mass is 19.1. The van der Waals surface area contributed by atoms with Gasteiger partial charge in [-0.25, -0.2) is 18.3 Å². The van der Waals surface area contributed by atoms with Gasteiger partial charge in [-0.3, -0.25) is 9.89 Å². The summed E-state index contributed by atoms with van der Waals surface area (Å²) in [7, 11) is 0. The standard InChI is InChI=1S/C18H14F2N10O/c1-7(25-15-9(6-21)14(22)27-18(23)28-15)16-26-11-5-8(19)4-10(20)13(11)17(31)30(16)12-2-3-24-29-12/h2-5,7H,1H3,(H,24,29)(H5,22,23,25,27,28). The molecule has 0 saturated heterocycles. The number of nitrogens with zero attached hydrogens (tertiary/aromatic N) is 6. The summed E-state index contributed by atoms with van der Waals surface area (Å²) < 4.78 is 29.2. The number of H-pyrrole nitrogens is 1. The molecule has 0 aliphatic carbocycles. The van der Waals surface area contributed by atoms with Crippen molar-refractivity contribution in [1.82, 2.24) is 29.7 Å². The Morgan fingerprint density at radius 2 is 2.03 bits per heavy atom. The number of benzene rings is 1. The summed E-state index contributed by atoms with van der Waals surface area (Å²) in [6.07, 6.45) is 1.40. The Bertz CT molecular complexity index is 1410. The van der Waals surface area contributed by atoms with E-state index in [1.165, 1.54) is 12.3 Å². The highest BCUT2D eigenvalue weighted by Crippen LogP contribution is 2.25. The van der Waals surface area contributed by atoms with Crippen LogP contribution in [0.15, 0.2) is 29.2 Å². The second-order valence-corrected chi connectivity index (χ2v) is 6.50. The van der Waals surface area contributed by atoms with Crippen molar-refractivity contribution in [3.63, 3.8) is 0 Å². The van der Waals surface area contributed by atoms with Crippen molar-refractivity contribution >= 4 is 28.5 Å². The van der Waals surface area contributed by atoms with E-state index in [9.17, 15) is 18.8 Å². The summed E-state index contributed by atoms with van der Waals surface area (Å²) in [6.45, 7) is 1.60. The van der Waals surface area contributed by atoms with E-state index in [-0.39, 0.29) is 45.7 Å². The van der Waals surface area contributed by atoms with E-state index < -0.39 is 23.2 Å². The molecule has 0 aliphatic heterocycles. The number of fused-ring (bicyclic) bond motifs is 1. The summed E-state index contributed by atoms with van der Waals surface area (Å²) in [5.41, 5.74) is 10.3. The number of hydrogen-bond donors (Lipinski definition) is 4. The number of nitrogens with one attached hydrogen (secondary N) is 2. The maximum absolute atomic E-state index is 14.4. The third kappa shape index (κ3) is 3.35. The molecule has 13 heteroatoms. The molecule has 0 fully saturated rings. The van der Waals surface area contributed by atoms with Gasteiger partial charge in [-0.2, -0.15) is 20.3 Å². The molecule has 0 amide bonds. The third-order valence-electron chi connectivity index (χ3n) is 4.45. The topological polar surface area (TPSA) is 177 Å². The van der Waals surface area contributed by atoms with E-state index in [2.05, 4.69) is 30.5 Å². The van der Waals surface area contributed by atoms with Crippen LogP contribution in [0.4, 0.5) is 26.4 Å². The van der Waals surface area contributed by atoms with E-state index >= 15 is 0 Å². The van der Waals surface area contributed by atoms with Gasteiger partial charge in [0.15, 0.2) is 5.82 Å². The fourth-order valence-corrected chi connectivity index (χ4v) is 3.13. The minimum atomic E-state index is -1.05. The average molecular weight is 424 g/mol. The van der Waals surface area contributed by atoms with Gasteiger partial charge >= 0.3 is 0 Å². The van der Waals surface area contributed by atoms with Crippen LogP contribution in [0, 0.1) is 23.0 Å². The van der Waals surface area contributed by atoms with Crippen molar-refractivity contribution in [3.8, 4) is 11.9 Å². The molecule has 4 rings (SSSR count). The Kier molecular flexibility index (Phi) is 4.66. The summed E-state index contributed by atoms with van der Waals surface area (Å²) >= 11 is 0. The number of hydrogen-bond acceptors (Lipinski definition) is 9. The Balaban J connectivity index is 1.94. The number of rotatable bonds is 4. The molecular formula is C18H14F2N10O. The summed E-state index contributed by atoms with van der Waals surface area (Å²) in [4.78, 5) is 25.1. The zero-order chi connectivity index (χ0) is 22.3. The number of halogens is 2. The molecule has 0 saturated carbocycles. The number of aromatic amines is 1. The lowest BCUT2D eigenvalue weighted by molar-refractivity contribution is 0.589. The fourth-order valence-electron chi connectivity index (χ4n) is 3.13. The van der Waals surface area contributed by atoms with Gasteiger partial charge in [-0.05, 0) is 6.92 Å². The van der Waals surface area contributed by atoms with Gasteiger partial charge in [-0.1, -0.05) is 0 Å². The molecule has 1 aromatic carbocycles. The molecule has 156 valence electrons. The molecule has 0 aliphatic rings. The van der Waals surface area contributed by atoms with E-state index in [4.69, 9.17) is 11.5 Å². The minimum Gasteiger partial charge on any atom is -0.382 e. The van der Waals surface area contributed by atoms with E-state index in [1.807, 2.05) is 6.07 Å². The number of anilines is 3. The van der Waals surface area contributed by atoms with Crippen molar-refractivity contribution < 1.29 is 8.78 Å². The zero-order valence-electron chi connectivity index (χ0n) is 15.9. The van der Waals surface area contributed by atoms with Crippen LogP contribution in [0.25, 0.3) is 16.7 Å².